The zero-order valence-electron chi connectivity index (χ0n) is 9.01. The van der Waals surface area contributed by atoms with E-state index < -0.39 is 0 Å². The third-order valence-corrected chi connectivity index (χ3v) is 2.59. The molecule has 0 atom stereocenters. The number of oxime groups is 1. The molecule has 0 aliphatic heterocycles. The zero-order chi connectivity index (χ0) is 11.5. The average Bonchev–Trinajstić information content (AvgIpc) is 2.36. The molecule has 16 heavy (non-hydrogen) atoms. The van der Waals surface area contributed by atoms with Crippen LogP contribution in [0.4, 0.5) is 0 Å². The van der Waals surface area contributed by atoms with E-state index in [-0.39, 0.29) is 5.84 Å². The van der Waals surface area contributed by atoms with Crippen molar-refractivity contribution < 1.29 is 5.21 Å². The van der Waals surface area contributed by atoms with Gasteiger partial charge in [0.1, 0.15) is 5.69 Å². The van der Waals surface area contributed by atoms with Gasteiger partial charge < -0.3 is 10.9 Å². The van der Waals surface area contributed by atoms with Gasteiger partial charge in [0.25, 0.3) is 0 Å². The number of aromatic nitrogens is 1. The number of pyridine rings is 1. The molecule has 82 valence electrons. The summed E-state index contributed by atoms with van der Waals surface area (Å²) >= 11 is 0. The van der Waals surface area contributed by atoms with Crippen molar-refractivity contribution in [2.24, 2.45) is 10.9 Å². The number of aryl methyl sites for hydroxylation is 1. The zero-order valence-corrected chi connectivity index (χ0v) is 9.01. The molecular formula is C12H13N3O. The summed E-state index contributed by atoms with van der Waals surface area (Å²) in [6.07, 6.45) is 2.60. The molecule has 1 aromatic carbocycles. The molecule has 0 aliphatic rings. The predicted molar refractivity (Wildman–Crippen MR) is 63.6 cm³/mol. The lowest BCUT2D eigenvalue weighted by atomic mass is 10.0. The van der Waals surface area contributed by atoms with E-state index in [1.165, 1.54) is 5.56 Å². The van der Waals surface area contributed by atoms with Crippen LogP contribution in [-0.2, 0) is 6.42 Å². The molecule has 0 amide bonds. The maximum Gasteiger partial charge on any atom is 0.189 e. The molecule has 0 radical (unpaired) electrons. The third kappa shape index (κ3) is 1.69. The average molecular weight is 215 g/mol. The van der Waals surface area contributed by atoms with Crippen LogP contribution in [0, 0.1) is 0 Å². The molecule has 0 aliphatic carbocycles. The molecule has 2 rings (SSSR count). The molecule has 0 fully saturated rings. The second-order valence-corrected chi connectivity index (χ2v) is 3.55. The molecule has 0 unspecified atom stereocenters. The van der Waals surface area contributed by atoms with Crippen LogP contribution in [0.15, 0.2) is 35.6 Å². The van der Waals surface area contributed by atoms with Crippen LogP contribution < -0.4 is 5.73 Å². The highest BCUT2D eigenvalue weighted by molar-refractivity contribution is 6.07. The summed E-state index contributed by atoms with van der Waals surface area (Å²) in [6, 6.07) is 8.01. The van der Waals surface area contributed by atoms with Gasteiger partial charge in [0.2, 0.25) is 0 Å². The Morgan fingerprint density at radius 2 is 2.25 bits per heavy atom. The van der Waals surface area contributed by atoms with Crippen LogP contribution in [0.3, 0.4) is 0 Å². The second-order valence-electron chi connectivity index (χ2n) is 3.55. The first-order chi connectivity index (χ1) is 7.76. The van der Waals surface area contributed by atoms with Gasteiger partial charge in [0.15, 0.2) is 5.84 Å². The lowest BCUT2D eigenvalue weighted by Gasteiger charge is -2.05. The van der Waals surface area contributed by atoms with E-state index in [0.29, 0.717) is 5.69 Å². The quantitative estimate of drug-likeness (QED) is 0.348. The Morgan fingerprint density at radius 1 is 1.44 bits per heavy atom. The summed E-state index contributed by atoms with van der Waals surface area (Å²) in [7, 11) is 0. The number of rotatable bonds is 2. The number of nitrogens with zero attached hydrogens (tertiary/aromatic N) is 2. The van der Waals surface area contributed by atoms with Crippen molar-refractivity contribution in [1.29, 1.82) is 0 Å². The smallest absolute Gasteiger partial charge is 0.189 e. The third-order valence-electron chi connectivity index (χ3n) is 2.59. The number of nitrogens with two attached hydrogens (primary N) is 1. The van der Waals surface area contributed by atoms with E-state index in [1.54, 1.807) is 6.20 Å². The summed E-state index contributed by atoms with van der Waals surface area (Å²) in [5.74, 6) is 0.0406. The van der Waals surface area contributed by atoms with Crippen molar-refractivity contribution >= 4 is 16.6 Å². The van der Waals surface area contributed by atoms with E-state index in [0.717, 1.165) is 17.2 Å². The molecule has 0 saturated heterocycles. The summed E-state index contributed by atoms with van der Waals surface area (Å²) in [5.41, 5.74) is 7.31. The second kappa shape index (κ2) is 4.18. The van der Waals surface area contributed by atoms with Crippen molar-refractivity contribution in [3.63, 3.8) is 0 Å². The fourth-order valence-electron chi connectivity index (χ4n) is 1.69. The lowest BCUT2D eigenvalue weighted by Crippen LogP contribution is -2.15. The minimum absolute atomic E-state index is 0.0406. The molecule has 3 N–H and O–H groups in total. The van der Waals surface area contributed by atoms with E-state index in [4.69, 9.17) is 10.9 Å². The molecule has 2 aromatic rings. The molecule has 0 saturated carbocycles. The number of hydrogen-bond acceptors (Lipinski definition) is 3. The van der Waals surface area contributed by atoms with Gasteiger partial charge in [0.05, 0.1) is 0 Å². The highest BCUT2D eigenvalue weighted by Crippen LogP contribution is 2.18. The summed E-state index contributed by atoms with van der Waals surface area (Å²) < 4.78 is 0. The Hall–Kier alpha value is -2.10. The van der Waals surface area contributed by atoms with Gasteiger partial charge in [-0.3, -0.25) is 4.98 Å². The molecule has 0 bridgehead atoms. The fourth-order valence-corrected chi connectivity index (χ4v) is 1.69. The van der Waals surface area contributed by atoms with Crippen LogP contribution in [-0.4, -0.2) is 16.0 Å². The van der Waals surface area contributed by atoms with Crippen molar-refractivity contribution in [2.75, 3.05) is 0 Å². The van der Waals surface area contributed by atoms with Gasteiger partial charge in [-0.1, -0.05) is 24.2 Å². The van der Waals surface area contributed by atoms with Gasteiger partial charge in [-0.2, -0.15) is 0 Å². The van der Waals surface area contributed by atoms with Crippen LogP contribution >= 0.6 is 0 Å². The van der Waals surface area contributed by atoms with E-state index in [1.807, 2.05) is 18.2 Å². The largest absolute Gasteiger partial charge is 0.409 e. The molecule has 4 heteroatoms. The van der Waals surface area contributed by atoms with Gasteiger partial charge in [-0.25, -0.2) is 0 Å². The van der Waals surface area contributed by atoms with Crippen molar-refractivity contribution in [1.82, 2.24) is 4.98 Å². The topological polar surface area (TPSA) is 71.5 Å². The first kappa shape index (κ1) is 10.4. The number of amidine groups is 1. The Balaban J connectivity index is 2.74. The normalized spacial score (nSPS) is 11.9. The Labute approximate surface area is 93.4 Å². The van der Waals surface area contributed by atoms with Crippen LogP contribution in [0.25, 0.3) is 10.8 Å². The van der Waals surface area contributed by atoms with Gasteiger partial charge in [0, 0.05) is 11.6 Å². The fraction of sp³-hybridized carbons (Fsp3) is 0.167. The van der Waals surface area contributed by atoms with Crippen molar-refractivity contribution in [3.8, 4) is 0 Å². The van der Waals surface area contributed by atoms with Gasteiger partial charge >= 0.3 is 0 Å². The monoisotopic (exact) mass is 215 g/mol. The number of benzene rings is 1. The van der Waals surface area contributed by atoms with Gasteiger partial charge in [-0.15, -0.1) is 0 Å². The summed E-state index contributed by atoms with van der Waals surface area (Å²) in [6.45, 7) is 2.08. The standard InChI is InChI=1S/C12H13N3O/c1-2-8-3-4-9-5-6-14-11(10(9)7-8)12(13)15-16/h3-7,16H,2H2,1H3,(H2,13,15). The van der Waals surface area contributed by atoms with Gasteiger partial charge in [-0.05, 0) is 29.5 Å². The number of hydrogen-bond donors (Lipinski definition) is 2. The maximum absolute atomic E-state index is 8.70. The summed E-state index contributed by atoms with van der Waals surface area (Å²) in [5, 5.41) is 13.6. The number of fused-ring (bicyclic) bond motifs is 1. The first-order valence-corrected chi connectivity index (χ1v) is 5.11. The van der Waals surface area contributed by atoms with Crippen LogP contribution in [0.2, 0.25) is 0 Å². The molecule has 4 nitrogen and oxygen atoms in total. The molecule has 1 heterocycles. The van der Waals surface area contributed by atoms with E-state index in [9.17, 15) is 0 Å². The highest BCUT2D eigenvalue weighted by Gasteiger charge is 2.07. The Morgan fingerprint density at radius 3 is 2.94 bits per heavy atom. The van der Waals surface area contributed by atoms with Crippen molar-refractivity contribution in [2.45, 2.75) is 13.3 Å². The lowest BCUT2D eigenvalue weighted by molar-refractivity contribution is 0.318. The van der Waals surface area contributed by atoms with E-state index >= 15 is 0 Å². The summed E-state index contributed by atoms with van der Waals surface area (Å²) in [4.78, 5) is 4.14. The highest BCUT2D eigenvalue weighted by atomic mass is 16.4. The van der Waals surface area contributed by atoms with E-state index in [2.05, 4.69) is 23.1 Å². The maximum atomic E-state index is 8.70. The minimum atomic E-state index is 0.0406. The minimum Gasteiger partial charge on any atom is -0.409 e. The van der Waals surface area contributed by atoms with Crippen molar-refractivity contribution in [3.05, 3.63) is 41.7 Å². The molecular weight excluding hydrogens is 202 g/mol. The Bertz CT molecular complexity index is 549. The first-order valence-electron chi connectivity index (χ1n) is 5.11. The van der Waals surface area contributed by atoms with Crippen LogP contribution in [0.5, 0.6) is 0 Å². The SMILES string of the molecule is CCc1ccc2ccnc(C(N)=NO)c2c1. The molecule has 1 aromatic heterocycles. The Kier molecular flexibility index (Phi) is 2.72. The van der Waals surface area contributed by atoms with Crippen LogP contribution in [0.1, 0.15) is 18.2 Å². The molecule has 0 spiro atoms. The predicted octanol–water partition coefficient (Wildman–Crippen LogP) is 1.89.